The zero-order valence-corrected chi connectivity index (χ0v) is 16.3. The normalized spacial score (nSPS) is 15.1. The number of rotatable bonds is 5. The van der Waals surface area contributed by atoms with Gasteiger partial charge >= 0.3 is 0 Å². The molecule has 0 spiro atoms. The van der Waals surface area contributed by atoms with E-state index in [9.17, 15) is 4.79 Å². The fraction of sp³-hybridized carbons (Fsp3) is 0.381. The Bertz CT molecular complexity index is 752. The summed E-state index contributed by atoms with van der Waals surface area (Å²) >= 11 is 6.50. The average molecular weight is 373 g/mol. The molecule has 4 nitrogen and oxygen atoms in total. The number of anilines is 2. The second-order valence-electron chi connectivity index (χ2n) is 6.76. The monoisotopic (exact) mass is 372 g/mol. The summed E-state index contributed by atoms with van der Waals surface area (Å²) in [6.45, 7) is 9.80. The minimum Gasteiger partial charge on any atom is -0.359 e. The van der Waals surface area contributed by atoms with Crippen LogP contribution in [-0.4, -0.2) is 38.6 Å². The zero-order chi connectivity index (χ0) is 18.5. The van der Waals surface area contributed by atoms with Crippen LogP contribution in [0.5, 0.6) is 0 Å². The number of hydrogen-bond donors (Lipinski definition) is 2. The summed E-state index contributed by atoms with van der Waals surface area (Å²) in [5.74, 6) is -0.114. The summed E-state index contributed by atoms with van der Waals surface area (Å²) in [6.07, 6.45) is 0.965. The first-order valence-corrected chi connectivity index (χ1v) is 9.76. The third-order valence-corrected chi connectivity index (χ3v) is 5.44. The molecule has 5 heteroatoms. The number of quaternary nitrogens is 1. The lowest BCUT2D eigenvalue weighted by molar-refractivity contribution is -0.898. The molecule has 1 amide bonds. The van der Waals surface area contributed by atoms with Gasteiger partial charge < -0.3 is 15.1 Å². The lowest BCUT2D eigenvalue weighted by Crippen LogP contribution is -3.14. The Balaban J connectivity index is 1.66. The highest BCUT2D eigenvalue weighted by Crippen LogP contribution is 2.29. The number of amides is 1. The molecule has 3 rings (SSSR count). The van der Waals surface area contributed by atoms with Crippen LogP contribution >= 0.6 is 11.6 Å². The fourth-order valence-electron chi connectivity index (χ4n) is 3.35. The third kappa shape index (κ3) is 4.37. The Hall–Kier alpha value is -2.04. The molecule has 138 valence electrons. The minimum atomic E-state index is -0.114. The highest BCUT2D eigenvalue weighted by atomic mass is 35.5. The highest BCUT2D eigenvalue weighted by molar-refractivity contribution is 6.33. The van der Waals surface area contributed by atoms with Gasteiger partial charge in [-0.1, -0.05) is 30.7 Å². The molecule has 0 bridgehead atoms. The molecule has 1 aliphatic heterocycles. The van der Waals surface area contributed by atoms with Gasteiger partial charge in [0.2, 0.25) is 0 Å². The molecule has 2 N–H and O–H groups in total. The number of hydrogen-bond acceptors (Lipinski definition) is 2. The zero-order valence-electron chi connectivity index (χ0n) is 15.5. The summed E-state index contributed by atoms with van der Waals surface area (Å²) in [5.41, 5.74) is 3.65. The van der Waals surface area contributed by atoms with E-state index in [4.69, 9.17) is 11.6 Å². The van der Waals surface area contributed by atoms with Crippen LogP contribution in [0, 0.1) is 0 Å². The summed E-state index contributed by atoms with van der Waals surface area (Å²) in [7, 11) is 0. The molecule has 0 unspecified atom stereocenters. The van der Waals surface area contributed by atoms with E-state index in [0.29, 0.717) is 10.6 Å². The Morgan fingerprint density at radius 1 is 1.12 bits per heavy atom. The van der Waals surface area contributed by atoms with Crippen molar-refractivity contribution < 1.29 is 9.69 Å². The first-order valence-electron chi connectivity index (χ1n) is 9.39. The number of piperazine rings is 1. The molecular formula is C21H27ClN3O+. The fourth-order valence-corrected chi connectivity index (χ4v) is 3.65. The number of likely N-dealkylation sites (N-methyl/N-ethyl adjacent to an activating group) is 1. The smallest absolute Gasteiger partial charge is 0.255 e. The van der Waals surface area contributed by atoms with Gasteiger partial charge in [-0.25, -0.2) is 0 Å². The SMILES string of the molecule is CCc1ccc(C(=O)Nc2ccc(N3CC[NH+](CC)CC3)c(Cl)c2)cc1. The maximum atomic E-state index is 12.4. The molecule has 2 aromatic carbocycles. The van der Waals surface area contributed by atoms with Gasteiger partial charge in [0.05, 0.1) is 43.4 Å². The van der Waals surface area contributed by atoms with Gasteiger partial charge in [-0.2, -0.15) is 0 Å². The Morgan fingerprint density at radius 2 is 1.81 bits per heavy atom. The van der Waals surface area contributed by atoms with E-state index >= 15 is 0 Å². The molecule has 0 atom stereocenters. The molecule has 1 aliphatic rings. The van der Waals surface area contributed by atoms with Gasteiger partial charge in [-0.3, -0.25) is 4.79 Å². The van der Waals surface area contributed by atoms with E-state index in [-0.39, 0.29) is 5.91 Å². The van der Waals surface area contributed by atoms with Gasteiger partial charge in [-0.15, -0.1) is 0 Å². The van der Waals surface area contributed by atoms with Crippen molar-refractivity contribution in [2.45, 2.75) is 20.3 Å². The molecule has 1 fully saturated rings. The number of nitrogens with zero attached hydrogens (tertiary/aromatic N) is 1. The molecule has 0 aromatic heterocycles. The van der Waals surface area contributed by atoms with Crippen LogP contribution in [0.25, 0.3) is 0 Å². The maximum absolute atomic E-state index is 12.4. The van der Waals surface area contributed by atoms with E-state index in [1.807, 2.05) is 42.5 Å². The Morgan fingerprint density at radius 3 is 2.38 bits per heavy atom. The number of carbonyl (C=O) groups excluding carboxylic acids is 1. The van der Waals surface area contributed by atoms with E-state index in [1.165, 1.54) is 12.1 Å². The van der Waals surface area contributed by atoms with Crippen molar-refractivity contribution in [3.63, 3.8) is 0 Å². The molecule has 0 aliphatic carbocycles. The van der Waals surface area contributed by atoms with Gasteiger partial charge in [0.25, 0.3) is 5.91 Å². The van der Waals surface area contributed by atoms with Crippen LogP contribution in [0.2, 0.25) is 5.02 Å². The average Bonchev–Trinajstić information content (AvgIpc) is 2.68. The number of halogens is 1. The van der Waals surface area contributed by atoms with Crippen molar-refractivity contribution in [1.82, 2.24) is 0 Å². The lowest BCUT2D eigenvalue weighted by atomic mass is 10.1. The van der Waals surface area contributed by atoms with Crippen molar-refractivity contribution in [3.8, 4) is 0 Å². The van der Waals surface area contributed by atoms with Crippen molar-refractivity contribution in [1.29, 1.82) is 0 Å². The van der Waals surface area contributed by atoms with E-state index in [0.717, 1.165) is 44.0 Å². The Labute approximate surface area is 160 Å². The first kappa shape index (κ1) is 18.7. The molecule has 26 heavy (non-hydrogen) atoms. The van der Waals surface area contributed by atoms with Gasteiger partial charge in [0.1, 0.15) is 0 Å². The number of carbonyl (C=O) groups is 1. The van der Waals surface area contributed by atoms with Crippen LogP contribution in [0.4, 0.5) is 11.4 Å². The lowest BCUT2D eigenvalue weighted by Gasteiger charge is -2.33. The largest absolute Gasteiger partial charge is 0.359 e. The van der Waals surface area contributed by atoms with Crippen molar-refractivity contribution in [2.75, 3.05) is 42.9 Å². The number of aryl methyl sites for hydroxylation is 1. The van der Waals surface area contributed by atoms with Gasteiger partial charge in [0.15, 0.2) is 0 Å². The van der Waals surface area contributed by atoms with Crippen molar-refractivity contribution in [3.05, 3.63) is 58.6 Å². The van der Waals surface area contributed by atoms with E-state index in [2.05, 4.69) is 24.1 Å². The summed E-state index contributed by atoms with van der Waals surface area (Å²) < 4.78 is 0. The molecule has 1 saturated heterocycles. The van der Waals surface area contributed by atoms with Gasteiger partial charge in [0, 0.05) is 11.3 Å². The molecule has 0 saturated carbocycles. The number of benzene rings is 2. The van der Waals surface area contributed by atoms with E-state index in [1.54, 1.807) is 4.90 Å². The summed E-state index contributed by atoms with van der Waals surface area (Å²) in [6, 6.07) is 13.5. The summed E-state index contributed by atoms with van der Waals surface area (Å²) in [4.78, 5) is 16.4. The van der Waals surface area contributed by atoms with Crippen LogP contribution in [0.3, 0.4) is 0 Å². The topological polar surface area (TPSA) is 36.8 Å². The number of nitrogens with one attached hydrogen (secondary N) is 2. The molecule has 1 heterocycles. The molecule has 2 aromatic rings. The van der Waals surface area contributed by atoms with Crippen LogP contribution in [0.1, 0.15) is 29.8 Å². The second kappa shape index (κ2) is 8.56. The minimum absolute atomic E-state index is 0.114. The van der Waals surface area contributed by atoms with Crippen LogP contribution in [0.15, 0.2) is 42.5 Å². The third-order valence-electron chi connectivity index (χ3n) is 5.14. The quantitative estimate of drug-likeness (QED) is 0.846. The summed E-state index contributed by atoms with van der Waals surface area (Å²) in [5, 5.41) is 3.62. The predicted molar refractivity (Wildman–Crippen MR) is 109 cm³/mol. The predicted octanol–water partition coefficient (Wildman–Crippen LogP) is 2.88. The van der Waals surface area contributed by atoms with E-state index < -0.39 is 0 Å². The molecular weight excluding hydrogens is 346 g/mol. The van der Waals surface area contributed by atoms with Crippen LogP contribution < -0.4 is 15.1 Å². The van der Waals surface area contributed by atoms with Crippen LogP contribution in [-0.2, 0) is 6.42 Å². The standard InChI is InChI=1S/C21H26ClN3O/c1-3-16-5-7-17(8-6-16)21(26)23-18-9-10-20(19(22)15-18)25-13-11-24(4-2)12-14-25/h5-10,15H,3-4,11-14H2,1-2H3,(H,23,26)/p+1. The molecule has 0 radical (unpaired) electrons. The van der Waals surface area contributed by atoms with Gasteiger partial charge in [-0.05, 0) is 49.2 Å². The van der Waals surface area contributed by atoms with Crippen molar-refractivity contribution in [2.24, 2.45) is 0 Å². The second-order valence-corrected chi connectivity index (χ2v) is 7.17. The first-order chi connectivity index (χ1) is 12.6. The van der Waals surface area contributed by atoms with Crippen molar-refractivity contribution >= 4 is 28.9 Å². The maximum Gasteiger partial charge on any atom is 0.255 e. The Kier molecular flexibility index (Phi) is 6.17. The highest BCUT2D eigenvalue weighted by Gasteiger charge is 2.20.